The zero-order valence-electron chi connectivity index (χ0n) is 13.6. The number of anilines is 1. The molecule has 0 atom stereocenters. The second-order valence-corrected chi connectivity index (χ2v) is 4.93. The fraction of sp³-hybridized carbons (Fsp3) is 0.105. The molecule has 2 aromatic carbocycles. The van der Waals surface area contributed by atoms with Crippen molar-refractivity contribution in [3.8, 4) is 11.8 Å². The van der Waals surface area contributed by atoms with Crippen molar-refractivity contribution in [3.63, 3.8) is 0 Å². The van der Waals surface area contributed by atoms with Crippen molar-refractivity contribution < 1.29 is 19.1 Å². The van der Waals surface area contributed by atoms with Crippen LogP contribution in [0.15, 0.2) is 60.2 Å². The molecule has 6 nitrogen and oxygen atoms in total. The first kappa shape index (κ1) is 17.8. The Kier molecular flexibility index (Phi) is 6.32. The average Bonchev–Trinajstić information content (AvgIpc) is 2.65. The van der Waals surface area contributed by atoms with Crippen LogP contribution in [-0.2, 0) is 14.3 Å². The van der Waals surface area contributed by atoms with Crippen LogP contribution < -0.4 is 10.1 Å². The molecule has 1 amide bonds. The van der Waals surface area contributed by atoms with Gasteiger partial charge in [0.1, 0.15) is 17.4 Å². The van der Waals surface area contributed by atoms with Crippen LogP contribution in [0.3, 0.4) is 0 Å². The molecule has 0 saturated carbocycles. The van der Waals surface area contributed by atoms with Crippen molar-refractivity contribution in [3.05, 3.63) is 65.7 Å². The summed E-state index contributed by atoms with van der Waals surface area (Å²) in [6.45, 7) is -0.477. The lowest BCUT2D eigenvalue weighted by Crippen LogP contribution is -2.21. The summed E-state index contributed by atoms with van der Waals surface area (Å²) in [5.41, 5.74) is 1.04. The van der Waals surface area contributed by atoms with Crippen LogP contribution in [0.5, 0.6) is 5.75 Å². The molecule has 0 saturated heterocycles. The third-order valence-electron chi connectivity index (χ3n) is 3.16. The van der Waals surface area contributed by atoms with E-state index in [9.17, 15) is 9.59 Å². The van der Waals surface area contributed by atoms with Crippen molar-refractivity contribution >= 4 is 23.6 Å². The van der Waals surface area contributed by atoms with Crippen LogP contribution in [0, 0.1) is 11.3 Å². The van der Waals surface area contributed by atoms with Gasteiger partial charge in [-0.05, 0) is 35.9 Å². The summed E-state index contributed by atoms with van der Waals surface area (Å²) in [7, 11) is 1.55. The number of carbonyl (C=O) groups excluding carboxylic acids is 2. The van der Waals surface area contributed by atoms with Crippen LogP contribution in [0.4, 0.5) is 5.69 Å². The second kappa shape index (κ2) is 8.89. The number of benzene rings is 2. The highest BCUT2D eigenvalue weighted by atomic mass is 16.5. The molecule has 126 valence electrons. The Morgan fingerprint density at radius 3 is 2.40 bits per heavy atom. The third kappa shape index (κ3) is 5.52. The normalized spacial score (nSPS) is 10.5. The summed E-state index contributed by atoms with van der Waals surface area (Å²) < 4.78 is 9.92. The molecule has 2 aromatic rings. The van der Waals surface area contributed by atoms with E-state index in [2.05, 4.69) is 5.32 Å². The Labute approximate surface area is 145 Å². The van der Waals surface area contributed by atoms with Crippen molar-refractivity contribution in [2.24, 2.45) is 0 Å². The molecule has 0 unspecified atom stereocenters. The molecular formula is C19H16N2O4. The molecule has 0 radical (unpaired) electrons. The number of esters is 1. The van der Waals surface area contributed by atoms with Gasteiger partial charge in [0.05, 0.1) is 7.11 Å². The van der Waals surface area contributed by atoms with Gasteiger partial charge in [0.25, 0.3) is 5.91 Å². The van der Waals surface area contributed by atoms with E-state index < -0.39 is 18.5 Å². The minimum Gasteiger partial charge on any atom is -0.497 e. The van der Waals surface area contributed by atoms with E-state index >= 15 is 0 Å². The lowest BCUT2D eigenvalue weighted by Gasteiger charge is -2.06. The monoisotopic (exact) mass is 336 g/mol. The van der Waals surface area contributed by atoms with Gasteiger partial charge in [0, 0.05) is 5.69 Å². The van der Waals surface area contributed by atoms with Crippen molar-refractivity contribution in [2.75, 3.05) is 19.0 Å². The Hall–Kier alpha value is -3.59. The number of nitrogens with one attached hydrogen (secondary N) is 1. The van der Waals surface area contributed by atoms with E-state index in [0.717, 1.165) is 0 Å². The molecule has 6 heteroatoms. The highest BCUT2D eigenvalue weighted by molar-refractivity contribution is 6.00. The maximum absolute atomic E-state index is 11.9. The number of nitrogens with zero attached hydrogens (tertiary/aromatic N) is 1. The number of hydrogen-bond donors (Lipinski definition) is 1. The SMILES string of the molecule is COc1ccc(/C=C(\C#N)C(=O)OCC(=O)Nc2ccccc2)cc1. The first-order valence-electron chi connectivity index (χ1n) is 7.40. The van der Waals surface area contributed by atoms with Crippen LogP contribution in [0.25, 0.3) is 6.08 Å². The minimum absolute atomic E-state index is 0.197. The van der Waals surface area contributed by atoms with Gasteiger partial charge in [-0.25, -0.2) is 4.79 Å². The molecular weight excluding hydrogens is 320 g/mol. The predicted octanol–water partition coefficient (Wildman–Crippen LogP) is 2.78. The lowest BCUT2D eigenvalue weighted by molar-refractivity contribution is -0.142. The highest BCUT2D eigenvalue weighted by Crippen LogP contribution is 2.14. The van der Waals surface area contributed by atoms with Gasteiger partial charge in [-0.2, -0.15) is 5.26 Å². The molecule has 25 heavy (non-hydrogen) atoms. The maximum Gasteiger partial charge on any atom is 0.349 e. The first-order chi connectivity index (χ1) is 12.1. The number of hydrogen-bond acceptors (Lipinski definition) is 5. The summed E-state index contributed by atoms with van der Waals surface area (Å²) in [5, 5.41) is 11.7. The van der Waals surface area contributed by atoms with Gasteiger partial charge in [-0.1, -0.05) is 30.3 Å². The molecule has 0 aliphatic carbocycles. The maximum atomic E-state index is 11.9. The topological polar surface area (TPSA) is 88.4 Å². The van der Waals surface area contributed by atoms with Gasteiger partial charge < -0.3 is 14.8 Å². The van der Waals surface area contributed by atoms with Gasteiger partial charge >= 0.3 is 5.97 Å². The molecule has 0 bridgehead atoms. The fourth-order valence-electron chi connectivity index (χ4n) is 1.93. The van der Waals surface area contributed by atoms with E-state index in [4.69, 9.17) is 14.7 Å². The zero-order chi connectivity index (χ0) is 18.1. The summed E-state index contributed by atoms with van der Waals surface area (Å²) in [5.74, 6) is -0.682. The summed E-state index contributed by atoms with van der Waals surface area (Å²) in [6.07, 6.45) is 1.39. The number of para-hydroxylation sites is 1. The molecule has 0 aliphatic heterocycles. The fourth-order valence-corrected chi connectivity index (χ4v) is 1.93. The van der Waals surface area contributed by atoms with Crippen molar-refractivity contribution in [2.45, 2.75) is 0 Å². The van der Waals surface area contributed by atoms with E-state index in [-0.39, 0.29) is 5.57 Å². The smallest absolute Gasteiger partial charge is 0.349 e. The number of methoxy groups -OCH3 is 1. The molecule has 0 fully saturated rings. The number of amides is 1. The molecule has 0 aromatic heterocycles. The summed E-state index contributed by atoms with van der Waals surface area (Å²) >= 11 is 0. The Bertz CT molecular complexity index is 806. The second-order valence-electron chi connectivity index (χ2n) is 4.93. The lowest BCUT2D eigenvalue weighted by atomic mass is 10.1. The first-order valence-corrected chi connectivity index (χ1v) is 7.40. The van der Waals surface area contributed by atoms with E-state index in [1.54, 1.807) is 61.7 Å². The van der Waals surface area contributed by atoms with Gasteiger partial charge in [0.2, 0.25) is 0 Å². The van der Waals surface area contributed by atoms with Gasteiger partial charge in [-0.3, -0.25) is 4.79 Å². The predicted molar refractivity (Wildman–Crippen MR) is 92.6 cm³/mol. The van der Waals surface area contributed by atoms with Crippen LogP contribution in [-0.4, -0.2) is 25.6 Å². The van der Waals surface area contributed by atoms with Crippen molar-refractivity contribution in [1.29, 1.82) is 5.26 Å². The van der Waals surface area contributed by atoms with Crippen LogP contribution in [0.1, 0.15) is 5.56 Å². The highest BCUT2D eigenvalue weighted by Gasteiger charge is 2.13. The van der Waals surface area contributed by atoms with Crippen LogP contribution in [0.2, 0.25) is 0 Å². The molecule has 0 spiro atoms. The standard InChI is InChI=1S/C19H16N2O4/c1-24-17-9-7-14(8-10-17)11-15(12-20)19(23)25-13-18(22)21-16-5-3-2-4-6-16/h2-11H,13H2,1H3,(H,21,22)/b15-11+. The minimum atomic E-state index is -0.860. The third-order valence-corrected chi connectivity index (χ3v) is 3.16. The molecule has 0 heterocycles. The van der Waals surface area contributed by atoms with Crippen molar-refractivity contribution in [1.82, 2.24) is 0 Å². The molecule has 1 N–H and O–H groups in total. The number of ether oxygens (including phenoxy) is 2. The molecule has 0 aliphatic rings. The van der Waals surface area contributed by atoms with E-state index in [1.807, 2.05) is 6.07 Å². The molecule has 2 rings (SSSR count). The number of carbonyl (C=O) groups is 2. The summed E-state index contributed by atoms with van der Waals surface area (Å²) in [4.78, 5) is 23.7. The Balaban J connectivity index is 1.94. The van der Waals surface area contributed by atoms with Gasteiger partial charge in [-0.15, -0.1) is 0 Å². The summed E-state index contributed by atoms with van der Waals surface area (Å²) in [6, 6.07) is 17.4. The quantitative estimate of drug-likeness (QED) is 0.498. The Morgan fingerprint density at radius 2 is 1.80 bits per heavy atom. The number of rotatable bonds is 6. The zero-order valence-corrected chi connectivity index (χ0v) is 13.6. The van der Waals surface area contributed by atoms with E-state index in [1.165, 1.54) is 6.08 Å². The Morgan fingerprint density at radius 1 is 1.12 bits per heavy atom. The van der Waals surface area contributed by atoms with Crippen LogP contribution >= 0.6 is 0 Å². The van der Waals surface area contributed by atoms with E-state index in [0.29, 0.717) is 17.0 Å². The number of nitriles is 1. The average molecular weight is 336 g/mol. The largest absolute Gasteiger partial charge is 0.497 e. The van der Waals surface area contributed by atoms with Gasteiger partial charge in [0.15, 0.2) is 6.61 Å².